The number of nitrogens with one attached hydrogen (secondary N) is 2. The molecule has 0 amide bonds. The fourth-order valence-corrected chi connectivity index (χ4v) is 1.48. The Kier molecular flexibility index (Phi) is 6.38. The predicted octanol–water partition coefficient (Wildman–Crippen LogP) is 1.72. The first-order valence-electron chi connectivity index (χ1n) is 6.63. The number of hydrogen-bond donors (Lipinski definition) is 2. The van der Waals surface area contributed by atoms with Crippen molar-refractivity contribution in [3.8, 4) is 0 Å². The van der Waals surface area contributed by atoms with Gasteiger partial charge in [-0.05, 0) is 41.5 Å². The number of amidine groups is 1. The van der Waals surface area contributed by atoms with E-state index in [9.17, 15) is 0 Å². The van der Waals surface area contributed by atoms with Crippen LogP contribution in [0.25, 0.3) is 0 Å². The minimum Gasteiger partial charge on any atom is -0.265 e. The fourth-order valence-electron chi connectivity index (χ4n) is 1.48. The maximum Gasteiger partial charge on any atom is 0.147 e. The van der Waals surface area contributed by atoms with Crippen molar-refractivity contribution in [1.29, 1.82) is 0 Å². The summed E-state index contributed by atoms with van der Waals surface area (Å²) in [6, 6.07) is 0. The third kappa shape index (κ3) is 7.09. The van der Waals surface area contributed by atoms with E-state index >= 15 is 0 Å². The highest BCUT2D eigenvalue weighted by Crippen LogP contribution is 1.92. The smallest absolute Gasteiger partial charge is 0.147 e. The summed E-state index contributed by atoms with van der Waals surface area (Å²) in [5, 5.41) is 13.0. The minimum absolute atomic E-state index is 0.803. The summed E-state index contributed by atoms with van der Waals surface area (Å²) < 4.78 is 0. The highest BCUT2D eigenvalue weighted by molar-refractivity contribution is 6.01. The normalized spacial score (nSPS) is 12.7. The Bertz CT molecular complexity index is 548. The van der Waals surface area contributed by atoms with Gasteiger partial charge in [0.2, 0.25) is 0 Å². The van der Waals surface area contributed by atoms with Crippen molar-refractivity contribution < 1.29 is 0 Å². The van der Waals surface area contributed by atoms with Crippen molar-refractivity contribution in [3.05, 3.63) is 23.3 Å². The number of aryl methyl sites for hydroxylation is 4. The van der Waals surface area contributed by atoms with Crippen LogP contribution in [-0.4, -0.2) is 48.5 Å². The van der Waals surface area contributed by atoms with Crippen LogP contribution in [-0.2, 0) is 0 Å². The molecular weight excluding hydrogens is 268 g/mol. The maximum atomic E-state index is 4.06. The quantitative estimate of drug-likeness (QED) is 0.770. The van der Waals surface area contributed by atoms with E-state index in [0.717, 1.165) is 41.4 Å². The van der Waals surface area contributed by atoms with E-state index in [1.807, 2.05) is 41.5 Å². The Hall–Kier alpha value is -2.38. The van der Waals surface area contributed by atoms with E-state index in [-0.39, 0.29) is 0 Å². The van der Waals surface area contributed by atoms with Crippen molar-refractivity contribution in [2.24, 2.45) is 9.98 Å². The lowest BCUT2D eigenvalue weighted by Crippen LogP contribution is -1.87. The number of aromatic amines is 2. The molecule has 3 heterocycles. The lowest BCUT2D eigenvalue weighted by molar-refractivity contribution is 1.02. The van der Waals surface area contributed by atoms with Crippen LogP contribution in [0.1, 0.15) is 37.1 Å². The van der Waals surface area contributed by atoms with E-state index in [0.29, 0.717) is 0 Å². The van der Waals surface area contributed by atoms with Gasteiger partial charge in [0.05, 0.1) is 6.54 Å². The number of H-pyrrole nitrogens is 2. The van der Waals surface area contributed by atoms with E-state index in [4.69, 9.17) is 0 Å². The summed E-state index contributed by atoms with van der Waals surface area (Å²) in [7, 11) is 0. The largest absolute Gasteiger partial charge is 0.265 e. The van der Waals surface area contributed by atoms with Gasteiger partial charge in [-0.1, -0.05) is 0 Å². The van der Waals surface area contributed by atoms with Crippen molar-refractivity contribution >= 4 is 11.5 Å². The first-order chi connectivity index (χ1) is 9.86. The standard InChI is InChI=1S/C5H8N2.2C4H7N3/c1-4-3-6-5(2)7-4;2*1-3-5-4(2)7-6-3/h3H2,1-2H3;2*1-2H3,(H,5,6,7). The van der Waals surface area contributed by atoms with E-state index in [1.54, 1.807) is 0 Å². The van der Waals surface area contributed by atoms with Gasteiger partial charge < -0.3 is 0 Å². The van der Waals surface area contributed by atoms with Crippen LogP contribution in [0.4, 0.5) is 0 Å². The van der Waals surface area contributed by atoms with Crippen molar-refractivity contribution in [3.63, 3.8) is 0 Å². The van der Waals surface area contributed by atoms with Gasteiger partial charge in [-0.15, -0.1) is 0 Å². The molecule has 1 aliphatic rings. The second-order valence-electron chi connectivity index (χ2n) is 4.65. The molecule has 8 nitrogen and oxygen atoms in total. The first kappa shape index (κ1) is 16.7. The van der Waals surface area contributed by atoms with Crippen molar-refractivity contribution in [1.82, 2.24) is 30.4 Å². The van der Waals surface area contributed by atoms with Gasteiger partial charge in [0, 0.05) is 5.71 Å². The van der Waals surface area contributed by atoms with Crippen molar-refractivity contribution in [2.45, 2.75) is 41.5 Å². The second kappa shape index (κ2) is 8.03. The average molecular weight is 290 g/mol. The molecule has 0 saturated carbocycles. The molecule has 21 heavy (non-hydrogen) atoms. The molecular formula is C13H22N8. The molecule has 1 aliphatic heterocycles. The monoisotopic (exact) mass is 290 g/mol. The molecule has 0 aliphatic carbocycles. The molecule has 0 unspecified atom stereocenters. The number of nitrogens with zero attached hydrogens (tertiary/aromatic N) is 6. The molecule has 8 heteroatoms. The van der Waals surface area contributed by atoms with Crippen LogP contribution in [0.3, 0.4) is 0 Å². The number of aliphatic imine (C=N–C) groups is 2. The van der Waals surface area contributed by atoms with Gasteiger partial charge in [-0.2, -0.15) is 10.2 Å². The van der Waals surface area contributed by atoms with Gasteiger partial charge in [0.1, 0.15) is 29.1 Å². The second-order valence-corrected chi connectivity index (χ2v) is 4.65. The number of hydrogen-bond acceptors (Lipinski definition) is 6. The Morgan fingerprint density at radius 3 is 1.33 bits per heavy atom. The van der Waals surface area contributed by atoms with Crippen LogP contribution in [0, 0.1) is 27.7 Å². The highest BCUT2D eigenvalue weighted by Gasteiger charge is 1.97. The molecule has 0 saturated heterocycles. The van der Waals surface area contributed by atoms with Gasteiger partial charge in [0.15, 0.2) is 0 Å². The zero-order chi connectivity index (χ0) is 15.8. The molecule has 0 spiro atoms. The van der Waals surface area contributed by atoms with Gasteiger partial charge >= 0.3 is 0 Å². The highest BCUT2D eigenvalue weighted by atomic mass is 15.2. The van der Waals surface area contributed by atoms with E-state index in [2.05, 4.69) is 40.3 Å². The van der Waals surface area contributed by atoms with Crippen LogP contribution >= 0.6 is 0 Å². The Morgan fingerprint density at radius 2 is 1.24 bits per heavy atom. The Morgan fingerprint density at radius 1 is 0.762 bits per heavy atom. The fraction of sp³-hybridized carbons (Fsp3) is 0.538. The van der Waals surface area contributed by atoms with E-state index < -0.39 is 0 Å². The molecule has 2 aromatic rings. The third-order valence-corrected chi connectivity index (χ3v) is 2.31. The summed E-state index contributed by atoms with van der Waals surface area (Å²) >= 11 is 0. The summed E-state index contributed by atoms with van der Waals surface area (Å²) in [5.41, 5.74) is 1.12. The lowest BCUT2D eigenvalue weighted by atomic mass is 10.4. The SMILES string of the molecule is CC1=NC(C)=NC1.Cc1n[nH]c(C)n1.Cc1n[nH]c(C)n1. The molecule has 0 aromatic carbocycles. The van der Waals surface area contributed by atoms with Crippen LogP contribution < -0.4 is 0 Å². The molecule has 0 atom stereocenters. The van der Waals surface area contributed by atoms with Crippen LogP contribution in [0.15, 0.2) is 9.98 Å². The Labute approximate surface area is 124 Å². The molecule has 0 radical (unpaired) electrons. The summed E-state index contributed by atoms with van der Waals surface area (Å²) in [6.45, 7) is 12.2. The molecule has 2 N–H and O–H groups in total. The molecule has 114 valence electrons. The summed E-state index contributed by atoms with van der Waals surface area (Å²) in [5.74, 6) is 4.27. The zero-order valence-electron chi connectivity index (χ0n) is 13.4. The number of aromatic nitrogens is 6. The zero-order valence-corrected chi connectivity index (χ0v) is 13.4. The molecule has 2 aromatic heterocycles. The summed E-state index contributed by atoms with van der Waals surface area (Å²) in [6.07, 6.45) is 0. The average Bonchev–Trinajstić information content (AvgIpc) is 3.06. The van der Waals surface area contributed by atoms with Crippen LogP contribution in [0.2, 0.25) is 0 Å². The van der Waals surface area contributed by atoms with E-state index in [1.165, 1.54) is 0 Å². The Balaban J connectivity index is 0.000000157. The topological polar surface area (TPSA) is 108 Å². The summed E-state index contributed by atoms with van der Waals surface area (Å²) in [4.78, 5) is 16.0. The molecule has 3 rings (SSSR count). The van der Waals surface area contributed by atoms with Gasteiger partial charge in [0.25, 0.3) is 0 Å². The van der Waals surface area contributed by atoms with Crippen LogP contribution in [0.5, 0.6) is 0 Å². The van der Waals surface area contributed by atoms with Gasteiger partial charge in [-0.3, -0.25) is 15.2 Å². The van der Waals surface area contributed by atoms with Gasteiger partial charge in [-0.25, -0.2) is 15.0 Å². The lowest BCUT2D eigenvalue weighted by Gasteiger charge is -1.76. The third-order valence-electron chi connectivity index (χ3n) is 2.31. The molecule has 0 bridgehead atoms. The predicted molar refractivity (Wildman–Crippen MR) is 82.8 cm³/mol. The molecule has 0 fully saturated rings. The number of rotatable bonds is 0. The van der Waals surface area contributed by atoms with Crippen molar-refractivity contribution in [2.75, 3.05) is 6.54 Å². The first-order valence-corrected chi connectivity index (χ1v) is 6.63. The maximum absolute atomic E-state index is 4.06. The minimum atomic E-state index is 0.803.